The van der Waals surface area contributed by atoms with Gasteiger partial charge in [-0.1, -0.05) is 30.1 Å². The number of likely N-dealkylation sites (tertiary alicyclic amines) is 1. The molecule has 14 heteroatoms. The molecule has 2 aromatic carbocycles. The summed E-state index contributed by atoms with van der Waals surface area (Å²) in [5.74, 6) is -0.543. The van der Waals surface area contributed by atoms with Crippen LogP contribution in [0.5, 0.6) is 0 Å². The van der Waals surface area contributed by atoms with Crippen LogP contribution in [-0.4, -0.2) is 51.6 Å². The number of ether oxygens (including phenoxy) is 1. The Morgan fingerprint density at radius 3 is 2.47 bits per heavy atom. The first-order valence-corrected chi connectivity index (χ1v) is 15.8. The number of nitrogens with two attached hydrogens (primary N) is 1. The van der Waals surface area contributed by atoms with Crippen LogP contribution in [0, 0.1) is 6.92 Å². The summed E-state index contributed by atoms with van der Waals surface area (Å²) >= 11 is 12.6. The van der Waals surface area contributed by atoms with Gasteiger partial charge in [0.2, 0.25) is 0 Å². The minimum atomic E-state index is -4.83. The maximum absolute atomic E-state index is 14.3. The quantitative estimate of drug-likeness (QED) is 0.280. The number of carbonyl (C=O) groups excluding carboxylic acids is 2. The smallest absolute Gasteiger partial charge is 0.416 e. The first kappa shape index (κ1) is 34.9. The zero-order valence-electron chi connectivity index (χ0n) is 24.7. The van der Waals surface area contributed by atoms with E-state index in [2.05, 4.69) is 10.6 Å². The van der Waals surface area contributed by atoms with Gasteiger partial charge in [0, 0.05) is 41.3 Å². The molecule has 0 saturated carbocycles. The Balaban J connectivity index is 1.85. The molecule has 1 unspecified atom stereocenters. The Hall–Kier alpha value is -2.54. The Morgan fingerprint density at radius 2 is 1.86 bits per heavy atom. The summed E-state index contributed by atoms with van der Waals surface area (Å²) in [5.41, 5.74) is 4.55. The molecule has 3 rings (SSSR count). The molecule has 8 nitrogen and oxygen atoms in total. The molecular weight excluding hydrogens is 628 g/mol. The van der Waals surface area contributed by atoms with Gasteiger partial charge in [0.1, 0.15) is 5.60 Å². The molecule has 1 saturated heterocycles. The van der Waals surface area contributed by atoms with Gasteiger partial charge in [0.05, 0.1) is 32.6 Å². The Morgan fingerprint density at radius 1 is 1.19 bits per heavy atom. The lowest BCUT2D eigenvalue weighted by Gasteiger charge is -2.34. The van der Waals surface area contributed by atoms with Crippen LogP contribution in [0.3, 0.4) is 0 Å². The minimum Gasteiger partial charge on any atom is -0.444 e. The summed E-state index contributed by atoms with van der Waals surface area (Å²) < 4.78 is 60.9. The molecule has 0 aromatic heterocycles. The molecule has 4 N–H and O–H groups in total. The average Bonchev–Trinajstić information content (AvgIpc) is 2.87. The number of hydrogen-bond donors (Lipinski definition) is 3. The number of carbonyl (C=O) groups is 2. The number of rotatable bonds is 8. The highest BCUT2D eigenvalue weighted by atomic mass is 35.5. The van der Waals surface area contributed by atoms with Gasteiger partial charge in [0.15, 0.2) is 0 Å². The van der Waals surface area contributed by atoms with Crippen molar-refractivity contribution in [2.24, 2.45) is 0 Å². The van der Waals surface area contributed by atoms with Gasteiger partial charge in [-0.25, -0.2) is 4.79 Å². The number of alkyl halides is 3. The standard InChI is InChI=1S/C29H37Cl2F3N4O4S/c1-6-43(41)25-16(2)10-18(30)11-17(25)13-36-26(39)20-12-22(29(32,33)34)21(23(31)24(20)35)15-38-9-7-8-19(14-38)37-27(40)42-28(3,4)5/h10-12,19H,6-9,13-15,35H2,1-5H3,(H,36,39)(H,37,40)/t19-,43?/m1/s1. The number of nitrogen functional groups attached to an aromatic ring is 1. The monoisotopic (exact) mass is 664 g/mol. The first-order valence-electron chi connectivity index (χ1n) is 13.8. The van der Waals surface area contributed by atoms with E-state index < -0.39 is 45.7 Å². The number of aryl methyl sites for hydroxylation is 1. The lowest BCUT2D eigenvalue weighted by atomic mass is 9.98. The van der Waals surface area contributed by atoms with E-state index in [9.17, 15) is 27.0 Å². The van der Waals surface area contributed by atoms with Crippen LogP contribution in [0.2, 0.25) is 10.0 Å². The van der Waals surface area contributed by atoms with Crippen LogP contribution in [0.15, 0.2) is 23.1 Å². The molecule has 0 bridgehead atoms. The summed E-state index contributed by atoms with van der Waals surface area (Å²) in [7, 11) is -1.36. The van der Waals surface area contributed by atoms with Crippen molar-refractivity contribution >= 4 is 51.7 Å². The zero-order chi connectivity index (χ0) is 32.3. The predicted molar refractivity (Wildman–Crippen MR) is 163 cm³/mol. The van der Waals surface area contributed by atoms with Gasteiger partial charge in [-0.2, -0.15) is 13.2 Å². The highest BCUT2D eigenvalue weighted by Gasteiger charge is 2.37. The van der Waals surface area contributed by atoms with E-state index in [0.29, 0.717) is 52.3 Å². The topological polar surface area (TPSA) is 114 Å². The van der Waals surface area contributed by atoms with Gasteiger partial charge in [-0.15, -0.1) is 0 Å². The zero-order valence-corrected chi connectivity index (χ0v) is 27.0. The van der Waals surface area contributed by atoms with Crippen molar-refractivity contribution in [1.29, 1.82) is 0 Å². The molecule has 0 radical (unpaired) electrons. The van der Waals surface area contributed by atoms with E-state index in [1.807, 2.05) is 0 Å². The van der Waals surface area contributed by atoms with Gasteiger partial charge < -0.3 is 21.1 Å². The average molecular weight is 666 g/mol. The molecule has 2 atom stereocenters. The van der Waals surface area contributed by atoms with Crippen molar-refractivity contribution in [3.63, 3.8) is 0 Å². The molecule has 43 heavy (non-hydrogen) atoms. The fraction of sp³-hybridized carbons (Fsp3) is 0.517. The van der Waals surface area contributed by atoms with Crippen molar-refractivity contribution in [3.8, 4) is 0 Å². The number of amides is 2. The number of benzene rings is 2. The lowest BCUT2D eigenvalue weighted by molar-refractivity contribution is -0.138. The van der Waals surface area contributed by atoms with E-state index in [1.54, 1.807) is 51.7 Å². The molecule has 1 aliphatic heterocycles. The van der Waals surface area contributed by atoms with Crippen LogP contribution < -0.4 is 16.4 Å². The summed E-state index contributed by atoms with van der Waals surface area (Å²) in [5, 5.41) is 5.35. The number of piperidine rings is 1. The molecule has 238 valence electrons. The van der Waals surface area contributed by atoms with Crippen LogP contribution in [0.25, 0.3) is 0 Å². The van der Waals surface area contributed by atoms with E-state index in [4.69, 9.17) is 33.7 Å². The molecule has 2 aromatic rings. The second kappa shape index (κ2) is 14.0. The van der Waals surface area contributed by atoms with E-state index >= 15 is 0 Å². The van der Waals surface area contributed by atoms with E-state index in [-0.39, 0.29) is 41.9 Å². The highest BCUT2D eigenvalue weighted by molar-refractivity contribution is 7.85. The number of nitrogens with one attached hydrogen (secondary N) is 2. The third-order valence-electron chi connectivity index (χ3n) is 6.81. The molecule has 1 heterocycles. The van der Waals surface area contributed by atoms with Gasteiger partial charge >= 0.3 is 12.3 Å². The fourth-order valence-corrected chi connectivity index (χ4v) is 6.68. The van der Waals surface area contributed by atoms with Crippen LogP contribution >= 0.6 is 23.2 Å². The van der Waals surface area contributed by atoms with E-state index in [0.717, 1.165) is 0 Å². The second-order valence-corrected chi connectivity index (χ2v) is 13.9. The molecule has 1 fully saturated rings. The number of halogens is 5. The molecule has 0 spiro atoms. The Labute approximate surface area is 262 Å². The Kier molecular flexibility index (Phi) is 11.4. The van der Waals surface area contributed by atoms with Crippen molar-refractivity contribution in [3.05, 3.63) is 56.1 Å². The summed E-state index contributed by atoms with van der Waals surface area (Å²) in [6, 6.07) is 3.59. The van der Waals surface area contributed by atoms with Crippen molar-refractivity contribution < 1.29 is 31.7 Å². The summed E-state index contributed by atoms with van der Waals surface area (Å²) in [6.07, 6.45) is -4.17. The molecule has 2 amide bonds. The second-order valence-electron chi connectivity index (χ2n) is 11.4. The Bertz CT molecular complexity index is 1400. The van der Waals surface area contributed by atoms with Crippen LogP contribution in [0.1, 0.15) is 73.1 Å². The number of anilines is 1. The van der Waals surface area contributed by atoms with Gasteiger partial charge in [0.25, 0.3) is 5.91 Å². The van der Waals surface area contributed by atoms with Crippen molar-refractivity contribution in [2.75, 3.05) is 24.6 Å². The summed E-state index contributed by atoms with van der Waals surface area (Å²) in [6.45, 7) is 9.11. The third-order valence-corrected chi connectivity index (χ3v) is 9.02. The fourth-order valence-electron chi connectivity index (χ4n) is 4.99. The minimum absolute atomic E-state index is 0.138. The number of hydrogen-bond acceptors (Lipinski definition) is 6. The predicted octanol–water partition coefficient (Wildman–Crippen LogP) is 6.45. The van der Waals surface area contributed by atoms with E-state index in [1.165, 1.54) is 0 Å². The van der Waals surface area contributed by atoms with Crippen LogP contribution in [-0.2, 0) is 34.8 Å². The molecule has 0 aliphatic carbocycles. The van der Waals surface area contributed by atoms with Crippen molar-refractivity contribution in [2.45, 2.75) is 83.3 Å². The number of alkyl carbamates (subject to hydrolysis) is 1. The number of nitrogens with zero attached hydrogens (tertiary/aromatic N) is 1. The van der Waals surface area contributed by atoms with Gasteiger partial charge in [-0.05, 0) is 82.0 Å². The third kappa shape index (κ3) is 9.23. The SMILES string of the molecule is CCS(=O)c1c(C)cc(Cl)cc1CNC(=O)c1cc(C(F)(F)F)c(CN2CCC[C@@H](NC(=O)OC(C)(C)C)C2)c(Cl)c1N. The maximum Gasteiger partial charge on any atom is 0.416 e. The van der Waals surface area contributed by atoms with Crippen LogP contribution in [0.4, 0.5) is 23.7 Å². The first-order chi connectivity index (χ1) is 19.9. The summed E-state index contributed by atoms with van der Waals surface area (Å²) in [4.78, 5) is 27.6. The normalized spacial score (nSPS) is 16.9. The van der Waals surface area contributed by atoms with Crippen molar-refractivity contribution in [1.82, 2.24) is 15.5 Å². The maximum atomic E-state index is 14.3. The largest absolute Gasteiger partial charge is 0.444 e. The highest BCUT2D eigenvalue weighted by Crippen LogP contribution is 2.40. The van der Waals surface area contributed by atoms with Gasteiger partial charge in [-0.3, -0.25) is 13.9 Å². The molecule has 1 aliphatic rings. The lowest BCUT2D eigenvalue weighted by Crippen LogP contribution is -2.48. The molecular formula is C29H37Cl2F3N4O4S.